The maximum atomic E-state index is 5.81. The predicted molar refractivity (Wildman–Crippen MR) is 98.5 cm³/mol. The summed E-state index contributed by atoms with van der Waals surface area (Å²) in [4.78, 5) is 6.81. The Kier molecular flexibility index (Phi) is 7.99. The van der Waals surface area contributed by atoms with E-state index < -0.39 is 0 Å². The molecule has 1 N–H and O–H groups in total. The predicted octanol–water partition coefficient (Wildman–Crippen LogP) is 2.22. The van der Waals surface area contributed by atoms with Crippen LogP contribution in [0.3, 0.4) is 0 Å². The summed E-state index contributed by atoms with van der Waals surface area (Å²) in [5.41, 5.74) is 0. The summed E-state index contributed by atoms with van der Waals surface area (Å²) >= 11 is 2.05. The van der Waals surface area contributed by atoms with Gasteiger partial charge in [0.25, 0.3) is 0 Å². The number of hydrogen-bond acceptors (Lipinski definition) is 4. The van der Waals surface area contributed by atoms with Crippen LogP contribution in [0.25, 0.3) is 0 Å². The third-order valence-corrected chi connectivity index (χ3v) is 5.68. The Hall–Kier alpha value is -0.460. The topological polar surface area (TPSA) is 46.1 Å². The van der Waals surface area contributed by atoms with Gasteiger partial charge in [-0.3, -0.25) is 4.99 Å². The Balaban J connectivity index is 1.57. The molecule has 2 rings (SSSR count). The molecule has 5 nitrogen and oxygen atoms in total. The van der Waals surface area contributed by atoms with Crippen LogP contribution in [0.5, 0.6) is 0 Å². The molecule has 2 heterocycles. The van der Waals surface area contributed by atoms with E-state index >= 15 is 0 Å². The van der Waals surface area contributed by atoms with Gasteiger partial charge in [0.2, 0.25) is 0 Å². The van der Waals surface area contributed by atoms with Gasteiger partial charge in [0.15, 0.2) is 5.96 Å². The molecule has 0 unspecified atom stereocenters. The standard InChI is InChI=1S/C17H33N3O2S/c1-17(2)14-20(8-12-23-17)16(18-3)19-7-4-9-22-13-15-5-10-21-11-6-15/h15H,4-14H2,1-3H3,(H,18,19). The molecule has 0 aromatic carbocycles. The van der Waals surface area contributed by atoms with E-state index in [0.717, 1.165) is 71.3 Å². The lowest BCUT2D eigenvalue weighted by Crippen LogP contribution is -2.51. The molecule has 2 saturated heterocycles. The van der Waals surface area contributed by atoms with Crippen molar-refractivity contribution in [3.8, 4) is 0 Å². The van der Waals surface area contributed by atoms with Gasteiger partial charge in [0.1, 0.15) is 0 Å². The van der Waals surface area contributed by atoms with Gasteiger partial charge in [-0.25, -0.2) is 0 Å². The van der Waals surface area contributed by atoms with Gasteiger partial charge < -0.3 is 19.7 Å². The minimum atomic E-state index is 0.308. The molecule has 0 amide bonds. The summed E-state index contributed by atoms with van der Waals surface area (Å²) in [7, 11) is 1.87. The van der Waals surface area contributed by atoms with E-state index in [4.69, 9.17) is 9.47 Å². The molecule has 0 saturated carbocycles. The lowest BCUT2D eigenvalue weighted by atomic mass is 10.0. The lowest BCUT2D eigenvalue weighted by molar-refractivity contribution is 0.0203. The van der Waals surface area contributed by atoms with Crippen molar-refractivity contribution in [2.75, 3.05) is 58.9 Å². The minimum absolute atomic E-state index is 0.308. The molecule has 6 heteroatoms. The van der Waals surface area contributed by atoms with Gasteiger partial charge in [-0.2, -0.15) is 11.8 Å². The van der Waals surface area contributed by atoms with Crippen molar-refractivity contribution >= 4 is 17.7 Å². The van der Waals surface area contributed by atoms with Crippen LogP contribution >= 0.6 is 11.8 Å². The van der Waals surface area contributed by atoms with Crippen molar-refractivity contribution in [1.82, 2.24) is 10.2 Å². The molecule has 0 radical (unpaired) electrons. The number of rotatable bonds is 6. The van der Waals surface area contributed by atoms with E-state index in [2.05, 4.69) is 29.1 Å². The fourth-order valence-corrected chi connectivity index (χ4v) is 4.18. The molecular weight excluding hydrogens is 310 g/mol. The second kappa shape index (κ2) is 9.74. The zero-order valence-electron chi connectivity index (χ0n) is 15.0. The molecule has 23 heavy (non-hydrogen) atoms. The third kappa shape index (κ3) is 6.89. The van der Waals surface area contributed by atoms with Crippen molar-refractivity contribution in [2.24, 2.45) is 10.9 Å². The zero-order chi connectivity index (χ0) is 16.5. The average molecular weight is 344 g/mol. The molecule has 0 atom stereocenters. The van der Waals surface area contributed by atoms with Crippen LogP contribution in [0, 0.1) is 5.92 Å². The number of nitrogens with zero attached hydrogens (tertiary/aromatic N) is 2. The first kappa shape index (κ1) is 18.9. The minimum Gasteiger partial charge on any atom is -0.381 e. The highest BCUT2D eigenvalue weighted by Gasteiger charge is 2.28. The van der Waals surface area contributed by atoms with Gasteiger partial charge >= 0.3 is 0 Å². The molecule has 0 bridgehead atoms. The Labute approximate surface area is 145 Å². The first-order valence-electron chi connectivity index (χ1n) is 8.86. The van der Waals surface area contributed by atoms with Gasteiger partial charge in [-0.05, 0) is 39.0 Å². The molecule has 0 spiro atoms. The highest BCUT2D eigenvalue weighted by molar-refractivity contribution is 8.00. The van der Waals surface area contributed by atoms with Gasteiger partial charge in [0.05, 0.1) is 0 Å². The normalized spacial score (nSPS) is 23.1. The van der Waals surface area contributed by atoms with Crippen LogP contribution in [0.1, 0.15) is 33.1 Å². The van der Waals surface area contributed by atoms with Crippen LogP contribution < -0.4 is 5.32 Å². The van der Waals surface area contributed by atoms with E-state index in [1.165, 1.54) is 5.75 Å². The highest BCUT2D eigenvalue weighted by Crippen LogP contribution is 2.29. The largest absolute Gasteiger partial charge is 0.381 e. The number of hydrogen-bond donors (Lipinski definition) is 1. The number of guanidine groups is 1. The summed E-state index contributed by atoms with van der Waals surface area (Å²) in [5.74, 6) is 2.89. The average Bonchev–Trinajstić information content (AvgIpc) is 2.54. The second-order valence-corrected chi connectivity index (χ2v) is 8.79. The molecule has 2 aliphatic heterocycles. The molecule has 0 aromatic heterocycles. The molecule has 2 aliphatic rings. The van der Waals surface area contributed by atoms with Gasteiger partial charge in [0, 0.05) is 63.6 Å². The van der Waals surface area contributed by atoms with Crippen LogP contribution in [0.2, 0.25) is 0 Å². The maximum absolute atomic E-state index is 5.81. The van der Waals surface area contributed by atoms with Crippen molar-refractivity contribution in [2.45, 2.75) is 37.9 Å². The van der Waals surface area contributed by atoms with Crippen LogP contribution in [0.15, 0.2) is 4.99 Å². The van der Waals surface area contributed by atoms with Crippen molar-refractivity contribution in [3.05, 3.63) is 0 Å². The molecule has 134 valence electrons. The quantitative estimate of drug-likeness (QED) is 0.455. The fourth-order valence-electron chi connectivity index (χ4n) is 3.07. The summed E-state index contributed by atoms with van der Waals surface area (Å²) in [6.07, 6.45) is 3.31. The highest BCUT2D eigenvalue weighted by atomic mass is 32.2. The number of aliphatic imine (C=N–C) groups is 1. The molecule has 0 aromatic rings. The monoisotopic (exact) mass is 343 g/mol. The van der Waals surface area contributed by atoms with Crippen LogP contribution in [-0.4, -0.2) is 74.5 Å². The van der Waals surface area contributed by atoms with E-state index in [9.17, 15) is 0 Å². The van der Waals surface area contributed by atoms with E-state index in [0.29, 0.717) is 10.7 Å². The second-order valence-electron chi connectivity index (χ2n) is 6.99. The summed E-state index contributed by atoms with van der Waals surface area (Å²) in [5, 5.41) is 3.48. The van der Waals surface area contributed by atoms with Gasteiger partial charge in [-0.1, -0.05) is 0 Å². The van der Waals surface area contributed by atoms with Crippen molar-refractivity contribution in [1.29, 1.82) is 0 Å². The van der Waals surface area contributed by atoms with Crippen molar-refractivity contribution < 1.29 is 9.47 Å². The lowest BCUT2D eigenvalue weighted by Gasteiger charge is -2.39. The molecule has 2 fully saturated rings. The maximum Gasteiger partial charge on any atom is 0.193 e. The Morgan fingerprint density at radius 3 is 2.87 bits per heavy atom. The summed E-state index contributed by atoms with van der Waals surface area (Å²) < 4.78 is 11.5. The Morgan fingerprint density at radius 1 is 1.39 bits per heavy atom. The zero-order valence-corrected chi connectivity index (χ0v) is 15.8. The van der Waals surface area contributed by atoms with E-state index in [1.54, 1.807) is 0 Å². The SMILES string of the molecule is CN=C(NCCCOCC1CCOCC1)N1CCSC(C)(C)C1. The summed E-state index contributed by atoms with van der Waals surface area (Å²) in [6.45, 7) is 11.2. The number of thioether (sulfide) groups is 1. The molecule has 0 aliphatic carbocycles. The Bertz CT molecular complexity index is 371. The van der Waals surface area contributed by atoms with E-state index in [-0.39, 0.29) is 0 Å². The fraction of sp³-hybridized carbons (Fsp3) is 0.941. The van der Waals surface area contributed by atoms with Crippen molar-refractivity contribution in [3.63, 3.8) is 0 Å². The number of ether oxygens (including phenoxy) is 2. The van der Waals surface area contributed by atoms with E-state index in [1.807, 2.05) is 18.8 Å². The van der Waals surface area contributed by atoms with Crippen LogP contribution in [-0.2, 0) is 9.47 Å². The first-order valence-corrected chi connectivity index (χ1v) is 9.84. The first-order chi connectivity index (χ1) is 11.1. The van der Waals surface area contributed by atoms with Crippen LogP contribution in [0.4, 0.5) is 0 Å². The number of nitrogens with one attached hydrogen (secondary N) is 1. The Morgan fingerprint density at radius 2 is 2.17 bits per heavy atom. The molecular formula is C17H33N3O2S. The smallest absolute Gasteiger partial charge is 0.193 e. The third-order valence-electron chi connectivity index (χ3n) is 4.38. The van der Waals surface area contributed by atoms with Gasteiger partial charge in [-0.15, -0.1) is 0 Å². The summed E-state index contributed by atoms with van der Waals surface area (Å²) in [6, 6.07) is 0.